The number of benzene rings is 1. The summed E-state index contributed by atoms with van der Waals surface area (Å²) in [4.78, 5) is 35.2. The predicted molar refractivity (Wildman–Crippen MR) is 87.3 cm³/mol. The third kappa shape index (κ3) is 3.24. The first kappa shape index (κ1) is 15.7. The lowest BCUT2D eigenvalue weighted by Crippen LogP contribution is -2.43. The van der Waals surface area contributed by atoms with Gasteiger partial charge in [-0.05, 0) is 11.6 Å². The van der Waals surface area contributed by atoms with Gasteiger partial charge in [-0.2, -0.15) is 0 Å². The van der Waals surface area contributed by atoms with E-state index in [0.717, 1.165) is 16.5 Å². The minimum absolute atomic E-state index is 0.144. The van der Waals surface area contributed by atoms with E-state index in [2.05, 4.69) is 20.3 Å². The number of carbonyl (C=O) groups is 2. The lowest BCUT2D eigenvalue weighted by Gasteiger charge is -2.16. The molecule has 0 aliphatic heterocycles. The highest BCUT2D eigenvalue weighted by atomic mass is 16.5. The van der Waals surface area contributed by atoms with Crippen molar-refractivity contribution in [1.29, 1.82) is 0 Å². The second-order valence-electron chi connectivity index (χ2n) is 5.20. The van der Waals surface area contributed by atoms with E-state index in [1.807, 2.05) is 30.5 Å². The van der Waals surface area contributed by atoms with Crippen LogP contribution in [0.5, 0.6) is 0 Å². The highest BCUT2D eigenvalue weighted by Crippen LogP contribution is 2.19. The number of methoxy groups -OCH3 is 1. The summed E-state index contributed by atoms with van der Waals surface area (Å²) in [5, 5.41) is 3.66. The fraction of sp³-hybridized carbons (Fsp3) is 0.176. The van der Waals surface area contributed by atoms with Gasteiger partial charge in [0.05, 0.1) is 13.3 Å². The SMILES string of the molecule is COC(=O)[C@@H](Cc1c[nH]c2ccccc12)NC(=O)c1cnccn1. The third-order valence-electron chi connectivity index (χ3n) is 3.69. The van der Waals surface area contributed by atoms with Crippen molar-refractivity contribution >= 4 is 22.8 Å². The van der Waals surface area contributed by atoms with Gasteiger partial charge in [0.25, 0.3) is 5.91 Å². The van der Waals surface area contributed by atoms with E-state index >= 15 is 0 Å². The number of para-hydroxylation sites is 1. The lowest BCUT2D eigenvalue weighted by atomic mass is 10.0. The minimum Gasteiger partial charge on any atom is -0.467 e. The molecule has 2 N–H and O–H groups in total. The molecule has 0 radical (unpaired) electrons. The monoisotopic (exact) mass is 324 g/mol. The van der Waals surface area contributed by atoms with Gasteiger partial charge in [-0.1, -0.05) is 18.2 Å². The van der Waals surface area contributed by atoms with Crippen LogP contribution < -0.4 is 5.32 Å². The van der Waals surface area contributed by atoms with Crippen molar-refractivity contribution in [2.75, 3.05) is 7.11 Å². The van der Waals surface area contributed by atoms with Crippen LogP contribution in [0.2, 0.25) is 0 Å². The van der Waals surface area contributed by atoms with Gasteiger partial charge in [0.15, 0.2) is 0 Å². The molecule has 0 spiro atoms. The molecule has 3 rings (SSSR count). The first-order valence-electron chi connectivity index (χ1n) is 7.38. The van der Waals surface area contributed by atoms with Crippen molar-refractivity contribution in [2.45, 2.75) is 12.5 Å². The molecule has 122 valence electrons. The van der Waals surface area contributed by atoms with E-state index in [-0.39, 0.29) is 5.69 Å². The molecule has 1 aromatic carbocycles. The number of nitrogens with one attached hydrogen (secondary N) is 2. The fourth-order valence-corrected chi connectivity index (χ4v) is 2.50. The molecule has 0 unspecified atom stereocenters. The van der Waals surface area contributed by atoms with E-state index in [9.17, 15) is 9.59 Å². The number of amides is 1. The first-order chi connectivity index (χ1) is 11.7. The lowest BCUT2D eigenvalue weighted by molar-refractivity contribution is -0.142. The summed E-state index contributed by atoms with van der Waals surface area (Å²) in [6.07, 6.45) is 6.37. The number of fused-ring (bicyclic) bond motifs is 1. The molecule has 3 aromatic rings. The van der Waals surface area contributed by atoms with Gasteiger partial charge < -0.3 is 15.0 Å². The van der Waals surface area contributed by atoms with Crippen LogP contribution in [0.25, 0.3) is 10.9 Å². The molecule has 2 aromatic heterocycles. The number of aromatic nitrogens is 3. The Hall–Kier alpha value is -3.22. The standard InChI is InChI=1S/C17H16N4O3/c1-24-17(23)14(21-16(22)15-10-18-6-7-19-15)8-11-9-20-13-5-3-2-4-12(11)13/h2-7,9-10,14,20H,8H2,1H3,(H,21,22)/t14-/m1/s1. The summed E-state index contributed by atoms with van der Waals surface area (Å²) < 4.78 is 4.81. The molecule has 7 heteroatoms. The summed E-state index contributed by atoms with van der Waals surface area (Å²) >= 11 is 0. The molecule has 7 nitrogen and oxygen atoms in total. The average Bonchev–Trinajstić information content (AvgIpc) is 3.04. The Bertz CT molecular complexity index is 860. The van der Waals surface area contributed by atoms with Gasteiger partial charge in [0.2, 0.25) is 0 Å². The minimum atomic E-state index is -0.816. The number of ether oxygens (including phenoxy) is 1. The van der Waals surface area contributed by atoms with Crippen molar-refractivity contribution in [2.24, 2.45) is 0 Å². The van der Waals surface area contributed by atoms with Crippen LogP contribution in [0.3, 0.4) is 0 Å². The maximum Gasteiger partial charge on any atom is 0.328 e. The number of nitrogens with zero attached hydrogens (tertiary/aromatic N) is 2. The number of rotatable bonds is 5. The van der Waals surface area contributed by atoms with Crippen molar-refractivity contribution in [3.05, 3.63) is 60.3 Å². The van der Waals surface area contributed by atoms with Gasteiger partial charge in [-0.25, -0.2) is 9.78 Å². The summed E-state index contributed by atoms with van der Waals surface area (Å²) in [6.45, 7) is 0. The van der Waals surface area contributed by atoms with Crippen LogP contribution in [-0.2, 0) is 16.0 Å². The van der Waals surface area contributed by atoms with Crippen LogP contribution in [0.1, 0.15) is 16.1 Å². The van der Waals surface area contributed by atoms with E-state index in [0.29, 0.717) is 6.42 Å². The Kier molecular flexibility index (Phi) is 4.51. The Morgan fingerprint density at radius 1 is 1.29 bits per heavy atom. The second-order valence-corrected chi connectivity index (χ2v) is 5.20. The van der Waals surface area contributed by atoms with Gasteiger partial charge in [-0.3, -0.25) is 9.78 Å². The van der Waals surface area contributed by atoms with Crippen molar-refractivity contribution < 1.29 is 14.3 Å². The van der Waals surface area contributed by atoms with E-state index in [1.54, 1.807) is 0 Å². The predicted octanol–water partition coefficient (Wildman–Crippen LogP) is 1.47. The van der Waals surface area contributed by atoms with E-state index < -0.39 is 17.9 Å². The Morgan fingerprint density at radius 2 is 2.12 bits per heavy atom. The zero-order valence-electron chi connectivity index (χ0n) is 13.0. The fourth-order valence-electron chi connectivity index (χ4n) is 2.50. The summed E-state index contributed by atoms with van der Waals surface area (Å²) in [7, 11) is 1.29. The number of hydrogen-bond donors (Lipinski definition) is 2. The summed E-state index contributed by atoms with van der Waals surface area (Å²) in [5.41, 5.74) is 2.03. The Balaban J connectivity index is 1.82. The van der Waals surface area contributed by atoms with Crippen LogP contribution in [0, 0.1) is 0 Å². The second kappa shape index (κ2) is 6.91. The van der Waals surface area contributed by atoms with Gasteiger partial charge in [-0.15, -0.1) is 0 Å². The van der Waals surface area contributed by atoms with Gasteiger partial charge in [0.1, 0.15) is 11.7 Å². The molecule has 0 aliphatic rings. The molecule has 1 amide bonds. The largest absolute Gasteiger partial charge is 0.467 e. The molecular weight excluding hydrogens is 308 g/mol. The molecule has 2 heterocycles. The molecule has 0 aliphatic carbocycles. The highest BCUT2D eigenvalue weighted by molar-refractivity contribution is 5.95. The first-order valence-corrected chi connectivity index (χ1v) is 7.38. The number of hydrogen-bond acceptors (Lipinski definition) is 5. The number of aromatic amines is 1. The van der Waals surface area contributed by atoms with Gasteiger partial charge >= 0.3 is 5.97 Å². The topological polar surface area (TPSA) is 97.0 Å². The van der Waals surface area contributed by atoms with Gasteiger partial charge in [0, 0.05) is 35.9 Å². The molecule has 0 saturated carbocycles. The zero-order valence-corrected chi connectivity index (χ0v) is 13.0. The maximum absolute atomic E-state index is 12.2. The highest BCUT2D eigenvalue weighted by Gasteiger charge is 2.24. The van der Waals surface area contributed by atoms with E-state index in [1.165, 1.54) is 25.7 Å². The maximum atomic E-state index is 12.2. The number of H-pyrrole nitrogens is 1. The van der Waals surface area contributed by atoms with Crippen molar-refractivity contribution in [1.82, 2.24) is 20.3 Å². The normalized spacial score (nSPS) is 11.9. The summed E-state index contributed by atoms with van der Waals surface area (Å²) in [5.74, 6) is -0.990. The molecule has 0 fully saturated rings. The quantitative estimate of drug-likeness (QED) is 0.693. The third-order valence-corrected chi connectivity index (χ3v) is 3.69. The Morgan fingerprint density at radius 3 is 2.88 bits per heavy atom. The van der Waals surface area contributed by atoms with Crippen LogP contribution in [0.15, 0.2) is 49.1 Å². The molecule has 24 heavy (non-hydrogen) atoms. The van der Waals surface area contributed by atoms with Crippen LogP contribution >= 0.6 is 0 Å². The van der Waals surface area contributed by atoms with E-state index in [4.69, 9.17) is 4.74 Å². The number of esters is 1. The summed E-state index contributed by atoms with van der Waals surface area (Å²) in [6, 6.07) is 6.94. The molecular formula is C17H16N4O3. The van der Waals surface area contributed by atoms with Crippen molar-refractivity contribution in [3.8, 4) is 0 Å². The Labute approximate surface area is 138 Å². The molecule has 0 bridgehead atoms. The van der Waals surface area contributed by atoms with Crippen molar-refractivity contribution in [3.63, 3.8) is 0 Å². The number of carbonyl (C=O) groups excluding carboxylic acids is 2. The van der Waals surface area contributed by atoms with Crippen LogP contribution in [-0.4, -0.2) is 40.0 Å². The average molecular weight is 324 g/mol. The zero-order chi connectivity index (χ0) is 16.9. The molecule has 1 atom stereocenters. The smallest absolute Gasteiger partial charge is 0.328 e. The molecule has 0 saturated heterocycles. The van der Waals surface area contributed by atoms with Crippen LogP contribution in [0.4, 0.5) is 0 Å².